The van der Waals surface area contributed by atoms with Crippen molar-refractivity contribution >= 4 is 16.6 Å². The summed E-state index contributed by atoms with van der Waals surface area (Å²) in [5, 5.41) is 5.71. The Labute approximate surface area is 94.2 Å². The lowest BCUT2D eigenvalue weighted by molar-refractivity contribution is 0.725. The van der Waals surface area contributed by atoms with E-state index < -0.39 is 0 Å². The Morgan fingerprint density at radius 2 is 2.12 bits per heavy atom. The SMILES string of the molecule is CC1CN=C(c2nccc3ccccc23)N1. The van der Waals surface area contributed by atoms with Gasteiger partial charge in [-0.05, 0) is 18.4 Å². The summed E-state index contributed by atoms with van der Waals surface area (Å²) in [6.45, 7) is 2.96. The number of benzene rings is 1. The minimum Gasteiger partial charge on any atom is -0.364 e. The predicted octanol–water partition coefficient (Wildman–Crippen LogP) is 1.97. The maximum Gasteiger partial charge on any atom is 0.148 e. The summed E-state index contributed by atoms with van der Waals surface area (Å²) in [6.07, 6.45) is 1.84. The number of hydrogen-bond donors (Lipinski definition) is 1. The van der Waals surface area contributed by atoms with Crippen LogP contribution in [0.15, 0.2) is 41.5 Å². The number of hydrogen-bond acceptors (Lipinski definition) is 3. The van der Waals surface area contributed by atoms with Crippen LogP contribution in [-0.2, 0) is 0 Å². The zero-order valence-corrected chi connectivity index (χ0v) is 9.14. The highest BCUT2D eigenvalue weighted by Gasteiger charge is 2.16. The molecule has 1 unspecified atom stereocenters. The van der Waals surface area contributed by atoms with Gasteiger partial charge in [0.25, 0.3) is 0 Å². The summed E-state index contributed by atoms with van der Waals surface area (Å²) < 4.78 is 0. The average molecular weight is 211 g/mol. The zero-order valence-electron chi connectivity index (χ0n) is 9.14. The summed E-state index contributed by atoms with van der Waals surface area (Å²) in [6, 6.07) is 10.7. The molecule has 1 aromatic carbocycles. The molecule has 2 heterocycles. The van der Waals surface area contributed by atoms with Crippen LogP contribution >= 0.6 is 0 Å². The van der Waals surface area contributed by atoms with Gasteiger partial charge in [-0.1, -0.05) is 24.3 Å². The van der Waals surface area contributed by atoms with E-state index in [2.05, 4.69) is 34.3 Å². The molecule has 0 bridgehead atoms. The minimum atomic E-state index is 0.413. The van der Waals surface area contributed by atoms with Crippen molar-refractivity contribution in [3.8, 4) is 0 Å². The lowest BCUT2D eigenvalue weighted by atomic mass is 10.1. The van der Waals surface area contributed by atoms with Gasteiger partial charge in [-0.3, -0.25) is 9.98 Å². The van der Waals surface area contributed by atoms with Crippen LogP contribution in [0.25, 0.3) is 10.8 Å². The molecule has 0 saturated carbocycles. The first-order valence-corrected chi connectivity index (χ1v) is 5.50. The molecule has 0 aliphatic carbocycles. The van der Waals surface area contributed by atoms with Gasteiger partial charge in [-0.2, -0.15) is 0 Å². The molecule has 0 radical (unpaired) electrons. The molecule has 1 aromatic heterocycles. The van der Waals surface area contributed by atoms with Crippen molar-refractivity contribution < 1.29 is 0 Å². The van der Waals surface area contributed by atoms with E-state index in [1.807, 2.05) is 24.4 Å². The Balaban J connectivity index is 2.17. The first-order chi connectivity index (χ1) is 7.84. The number of rotatable bonds is 1. The lowest BCUT2D eigenvalue weighted by Crippen LogP contribution is -2.28. The largest absolute Gasteiger partial charge is 0.364 e. The van der Waals surface area contributed by atoms with E-state index in [9.17, 15) is 0 Å². The van der Waals surface area contributed by atoms with E-state index in [0.29, 0.717) is 6.04 Å². The van der Waals surface area contributed by atoms with Gasteiger partial charge in [0.05, 0.1) is 6.54 Å². The van der Waals surface area contributed by atoms with Gasteiger partial charge in [0.2, 0.25) is 0 Å². The van der Waals surface area contributed by atoms with E-state index in [-0.39, 0.29) is 0 Å². The molecule has 1 atom stereocenters. The molecule has 1 aliphatic rings. The smallest absolute Gasteiger partial charge is 0.148 e. The van der Waals surface area contributed by atoms with Crippen LogP contribution in [0, 0.1) is 0 Å². The van der Waals surface area contributed by atoms with Crippen LogP contribution < -0.4 is 5.32 Å². The van der Waals surface area contributed by atoms with Gasteiger partial charge in [-0.25, -0.2) is 0 Å². The van der Waals surface area contributed by atoms with Crippen LogP contribution in [0.3, 0.4) is 0 Å². The van der Waals surface area contributed by atoms with Crippen LogP contribution in [-0.4, -0.2) is 23.4 Å². The van der Waals surface area contributed by atoms with Crippen molar-refractivity contribution in [1.82, 2.24) is 10.3 Å². The van der Waals surface area contributed by atoms with Crippen molar-refractivity contribution in [2.45, 2.75) is 13.0 Å². The molecule has 1 N–H and O–H groups in total. The standard InChI is InChI=1S/C13H13N3/c1-9-8-15-13(16-9)12-11-5-3-2-4-10(11)6-7-14-12/h2-7,9H,8H2,1H3,(H,15,16). The Kier molecular flexibility index (Phi) is 2.10. The van der Waals surface area contributed by atoms with E-state index in [0.717, 1.165) is 23.5 Å². The third kappa shape index (κ3) is 1.45. The summed E-state index contributed by atoms with van der Waals surface area (Å²) in [7, 11) is 0. The van der Waals surface area contributed by atoms with E-state index in [1.54, 1.807) is 0 Å². The first kappa shape index (κ1) is 9.33. The molecule has 2 aromatic rings. The maximum absolute atomic E-state index is 4.48. The first-order valence-electron chi connectivity index (χ1n) is 5.50. The maximum atomic E-state index is 4.48. The van der Waals surface area contributed by atoms with Gasteiger partial charge in [0.15, 0.2) is 0 Å². The topological polar surface area (TPSA) is 37.3 Å². The molecule has 0 fully saturated rings. The van der Waals surface area contributed by atoms with Gasteiger partial charge < -0.3 is 5.32 Å². The summed E-state index contributed by atoms with van der Waals surface area (Å²) >= 11 is 0. The number of nitrogens with zero attached hydrogens (tertiary/aromatic N) is 2. The molecule has 1 aliphatic heterocycles. The second-order valence-corrected chi connectivity index (χ2v) is 4.12. The molecular weight excluding hydrogens is 198 g/mol. The van der Waals surface area contributed by atoms with Crippen molar-refractivity contribution in [2.75, 3.05) is 6.54 Å². The van der Waals surface area contributed by atoms with Crippen molar-refractivity contribution in [1.29, 1.82) is 0 Å². The van der Waals surface area contributed by atoms with Crippen molar-refractivity contribution in [3.63, 3.8) is 0 Å². The van der Waals surface area contributed by atoms with E-state index in [4.69, 9.17) is 0 Å². The number of aromatic nitrogens is 1. The van der Waals surface area contributed by atoms with Crippen LogP contribution in [0.1, 0.15) is 12.6 Å². The summed E-state index contributed by atoms with van der Waals surface area (Å²) in [4.78, 5) is 8.91. The molecule has 0 saturated heterocycles. The summed E-state index contributed by atoms with van der Waals surface area (Å²) in [5.41, 5.74) is 0.961. The fourth-order valence-corrected chi connectivity index (χ4v) is 2.00. The Morgan fingerprint density at radius 3 is 2.94 bits per heavy atom. The molecule has 0 amide bonds. The highest BCUT2D eigenvalue weighted by molar-refractivity contribution is 6.08. The fourth-order valence-electron chi connectivity index (χ4n) is 2.00. The second-order valence-electron chi connectivity index (χ2n) is 4.12. The third-order valence-corrected chi connectivity index (χ3v) is 2.80. The summed E-state index contributed by atoms with van der Waals surface area (Å²) in [5.74, 6) is 0.921. The number of amidine groups is 1. The molecule has 3 nitrogen and oxygen atoms in total. The minimum absolute atomic E-state index is 0.413. The molecule has 3 heteroatoms. The van der Waals surface area contributed by atoms with Crippen LogP contribution in [0.2, 0.25) is 0 Å². The molecule has 80 valence electrons. The van der Waals surface area contributed by atoms with Crippen LogP contribution in [0.4, 0.5) is 0 Å². The molecule has 0 spiro atoms. The molecular formula is C13H13N3. The number of aliphatic imine (C=N–C) groups is 1. The predicted molar refractivity (Wildman–Crippen MR) is 65.7 cm³/mol. The van der Waals surface area contributed by atoms with Crippen LogP contribution in [0.5, 0.6) is 0 Å². The quantitative estimate of drug-likeness (QED) is 0.783. The zero-order chi connectivity index (χ0) is 11.0. The van der Waals surface area contributed by atoms with Gasteiger partial charge in [0.1, 0.15) is 11.5 Å². The number of pyridine rings is 1. The highest BCUT2D eigenvalue weighted by atomic mass is 15.1. The monoisotopic (exact) mass is 211 g/mol. The number of nitrogens with one attached hydrogen (secondary N) is 1. The van der Waals surface area contributed by atoms with E-state index >= 15 is 0 Å². The van der Waals surface area contributed by atoms with E-state index in [1.165, 1.54) is 5.39 Å². The lowest BCUT2D eigenvalue weighted by Gasteiger charge is -2.07. The van der Waals surface area contributed by atoms with Gasteiger partial charge in [0, 0.05) is 17.6 Å². The van der Waals surface area contributed by atoms with Gasteiger partial charge in [-0.15, -0.1) is 0 Å². The second kappa shape index (κ2) is 3.59. The number of fused-ring (bicyclic) bond motifs is 1. The Bertz CT molecular complexity index is 555. The Morgan fingerprint density at radius 1 is 1.25 bits per heavy atom. The Hall–Kier alpha value is -1.90. The normalized spacial score (nSPS) is 19.6. The van der Waals surface area contributed by atoms with Gasteiger partial charge >= 0.3 is 0 Å². The third-order valence-electron chi connectivity index (χ3n) is 2.80. The highest BCUT2D eigenvalue weighted by Crippen LogP contribution is 2.17. The fraction of sp³-hybridized carbons (Fsp3) is 0.231. The molecule has 16 heavy (non-hydrogen) atoms. The molecule has 3 rings (SSSR count). The average Bonchev–Trinajstić information content (AvgIpc) is 2.75. The van der Waals surface area contributed by atoms with Crippen molar-refractivity contribution in [3.05, 3.63) is 42.2 Å². The van der Waals surface area contributed by atoms with Crippen molar-refractivity contribution in [2.24, 2.45) is 4.99 Å².